The summed E-state index contributed by atoms with van der Waals surface area (Å²) in [5, 5.41) is 11.5. The van der Waals surface area contributed by atoms with Crippen molar-refractivity contribution < 1.29 is 13.6 Å². The van der Waals surface area contributed by atoms with Crippen LogP contribution in [0.25, 0.3) is 0 Å². The molecule has 1 aromatic heterocycles. The number of nitrogens with zero attached hydrogens (tertiary/aromatic N) is 2. The Morgan fingerprint density at radius 1 is 1.14 bits per heavy atom. The number of hydrogen-bond acceptors (Lipinski definition) is 3. The van der Waals surface area contributed by atoms with E-state index in [-0.39, 0.29) is 16.1 Å². The van der Waals surface area contributed by atoms with Crippen LogP contribution < -0.4 is 5.32 Å². The van der Waals surface area contributed by atoms with E-state index in [0.717, 1.165) is 10.5 Å². The average Bonchev–Trinajstić information content (AvgIpc) is 2.68. The van der Waals surface area contributed by atoms with Crippen LogP contribution in [-0.2, 0) is 0 Å². The summed E-state index contributed by atoms with van der Waals surface area (Å²) in [6.45, 7) is 0. The van der Waals surface area contributed by atoms with Crippen LogP contribution in [0.5, 0.6) is 0 Å². The Morgan fingerprint density at radius 3 is 2.57 bits per heavy atom. The summed E-state index contributed by atoms with van der Waals surface area (Å²) in [6.07, 6.45) is 1.53. The average molecular weight is 463 g/mol. The number of benzene rings is 2. The van der Waals surface area contributed by atoms with Crippen molar-refractivity contribution in [2.75, 3.05) is 0 Å². The van der Waals surface area contributed by atoms with Crippen LogP contribution >= 0.6 is 27.5 Å². The molecular weight excluding hydrogens is 452 g/mol. The van der Waals surface area contributed by atoms with Crippen molar-refractivity contribution in [2.24, 2.45) is 0 Å². The topological polar surface area (TPSA) is 65.8 Å². The van der Waals surface area contributed by atoms with E-state index in [0.29, 0.717) is 11.3 Å². The van der Waals surface area contributed by atoms with E-state index in [2.05, 4.69) is 26.2 Å². The minimum atomic E-state index is -0.810. The van der Waals surface area contributed by atoms with E-state index in [1.807, 2.05) is 0 Å². The van der Waals surface area contributed by atoms with Crippen molar-refractivity contribution >= 4 is 33.4 Å². The number of carbonyl (C=O) groups excluding carboxylic acids is 1. The van der Waals surface area contributed by atoms with Gasteiger partial charge in [-0.3, -0.25) is 9.78 Å². The van der Waals surface area contributed by atoms with Crippen LogP contribution in [0.15, 0.2) is 59.2 Å². The van der Waals surface area contributed by atoms with Crippen LogP contribution in [0.2, 0.25) is 5.02 Å². The molecule has 28 heavy (non-hydrogen) atoms. The highest BCUT2D eigenvalue weighted by Crippen LogP contribution is 2.26. The minimum absolute atomic E-state index is 0.0194. The van der Waals surface area contributed by atoms with Gasteiger partial charge in [0.05, 0.1) is 22.3 Å². The fourth-order valence-electron chi connectivity index (χ4n) is 2.56. The molecule has 1 N–H and O–H groups in total. The van der Waals surface area contributed by atoms with Gasteiger partial charge in [-0.1, -0.05) is 33.6 Å². The molecule has 0 radical (unpaired) electrons. The standard InChI is InChI=1S/C20H11BrClF2N3O/c21-14-5-6-26-18(9-14)19(11-3-4-15(22)17(24)7-11)27-20(28)12-1-2-13(10-25)16(23)8-12/h1-9,19H,(H,27,28). The third kappa shape index (κ3) is 4.35. The number of hydrogen-bond donors (Lipinski definition) is 1. The number of halogens is 4. The summed E-state index contributed by atoms with van der Waals surface area (Å²) in [5.74, 6) is -2.05. The number of amides is 1. The van der Waals surface area contributed by atoms with Crippen molar-refractivity contribution in [3.63, 3.8) is 0 Å². The van der Waals surface area contributed by atoms with Crippen molar-refractivity contribution in [1.82, 2.24) is 10.3 Å². The van der Waals surface area contributed by atoms with Crippen molar-refractivity contribution in [3.8, 4) is 6.07 Å². The number of nitrogens with one attached hydrogen (secondary N) is 1. The van der Waals surface area contributed by atoms with Gasteiger partial charge in [0, 0.05) is 16.2 Å². The fourth-order valence-corrected chi connectivity index (χ4v) is 3.03. The largest absolute Gasteiger partial charge is 0.340 e. The second-order valence-corrected chi connectivity index (χ2v) is 7.11. The summed E-state index contributed by atoms with van der Waals surface area (Å²) >= 11 is 9.09. The lowest BCUT2D eigenvalue weighted by atomic mass is 10.0. The van der Waals surface area contributed by atoms with Crippen LogP contribution in [0.3, 0.4) is 0 Å². The van der Waals surface area contributed by atoms with E-state index in [9.17, 15) is 13.6 Å². The molecule has 1 amide bonds. The van der Waals surface area contributed by atoms with Gasteiger partial charge in [0.1, 0.15) is 17.7 Å². The van der Waals surface area contributed by atoms with Crippen LogP contribution in [-0.4, -0.2) is 10.9 Å². The van der Waals surface area contributed by atoms with Gasteiger partial charge in [-0.2, -0.15) is 5.26 Å². The number of rotatable bonds is 4. The Hall–Kier alpha value is -2.82. The molecule has 1 atom stereocenters. The predicted octanol–water partition coefficient (Wildman–Crippen LogP) is 5.17. The Balaban J connectivity index is 1.99. The maximum atomic E-state index is 14.0. The number of pyridine rings is 1. The van der Waals surface area contributed by atoms with Crippen LogP contribution in [0, 0.1) is 23.0 Å². The van der Waals surface area contributed by atoms with Gasteiger partial charge in [0.25, 0.3) is 5.91 Å². The molecule has 0 aliphatic carbocycles. The molecule has 1 heterocycles. The first-order chi connectivity index (χ1) is 13.4. The molecule has 3 rings (SSSR count). The van der Waals surface area contributed by atoms with E-state index in [1.54, 1.807) is 24.3 Å². The second kappa shape index (κ2) is 8.46. The highest BCUT2D eigenvalue weighted by Gasteiger charge is 2.21. The molecule has 4 nitrogen and oxygen atoms in total. The van der Waals surface area contributed by atoms with Gasteiger partial charge in [-0.15, -0.1) is 0 Å². The highest BCUT2D eigenvalue weighted by atomic mass is 79.9. The minimum Gasteiger partial charge on any atom is -0.340 e. The SMILES string of the molecule is N#Cc1ccc(C(=O)NC(c2ccc(Cl)c(F)c2)c2cc(Br)ccn2)cc1F. The van der Waals surface area contributed by atoms with Crippen LogP contribution in [0.4, 0.5) is 8.78 Å². The van der Waals surface area contributed by atoms with Gasteiger partial charge in [-0.05, 0) is 48.0 Å². The van der Waals surface area contributed by atoms with E-state index in [4.69, 9.17) is 16.9 Å². The number of nitriles is 1. The lowest BCUT2D eigenvalue weighted by molar-refractivity contribution is 0.0941. The maximum absolute atomic E-state index is 14.0. The summed E-state index contributed by atoms with van der Waals surface area (Å²) in [6, 6.07) is 12.0. The van der Waals surface area contributed by atoms with Crippen molar-refractivity contribution in [2.45, 2.75) is 6.04 Å². The zero-order valence-corrected chi connectivity index (χ0v) is 16.4. The molecule has 0 saturated carbocycles. The zero-order chi connectivity index (χ0) is 20.3. The van der Waals surface area contributed by atoms with Gasteiger partial charge < -0.3 is 5.32 Å². The van der Waals surface area contributed by atoms with Crippen LogP contribution in [0.1, 0.15) is 33.2 Å². The van der Waals surface area contributed by atoms with Crippen molar-refractivity contribution in [1.29, 1.82) is 5.26 Å². The van der Waals surface area contributed by atoms with Gasteiger partial charge >= 0.3 is 0 Å². The highest BCUT2D eigenvalue weighted by molar-refractivity contribution is 9.10. The van der Waals surface area contributed by atoms with E-state index >= 15 is 0 Å². The van der Waals surface area contributed by atoms with E-state index < -0.39 is 23.6 Å². The lowest BCUT2D eigenvalue weighted by Gasteiger charge is -2.19. The fraction of sp³-hybridized carbons (Fsp3) is 0.0500. The summed E-state index contributed by atoms with van der Waals surface area (Å²) in [7, 11) is 0. The quantitative estimate of drug-likeness (QED) is 0.582. The third-order valence-corrected chi connectivity index (χ3v) is 4.74. The summed E-state index contributed by atoms with van der Waals surface area (Å²) in [5.41, 5.74) is 0.709. The Labute approximate surface area is 172 Å². The summed E-state index contributed by atoms with van der Waals surface area (Å²) in [4.78, 5) is 16.9. The van der Waals surface area contributed by atoms with Gasteiger partial charge in [0.2, 0.25) is 0 Å². The van der Waals surface area contributed by atoms with Crippen molar-refractivity contribution in [3.05, 3.63) is 98.2 Å². The first-order valence-corrected chi connectivity index (χ1v) is 9.13. The predicted molar refractivity (Wildman–Crippen MR) is 104 cm³/mol. The molecule has 0 bridgehead atoms. The molecule has 140 valence electrons. The second-order valence-electron chi connectivity index (χ2n) is 5.79. The normalized spacial score (nSPS) is 11.5. The smallest absolute Gasteiger partial charge is 0.252 e. The number of aromatic nitrogens is 1. The first kappa shape index (κ1) is 19.9. The molecule has 0 saturated heterocycles. The molecule has 0 aliphatic rings. The Kier molecular flexibility index (Phi) is 6.02. The Morgan fingerprint density at radius 2 is 1.93 bits per heavy atom. The monoisotopic (exact) mass is 461 g/mol. The summed E-state index contributed by atoms with van der Waals surface area (Å²) < 4.78 is 28.6. The first-order valence-electron chi connectivity index (χ1n) is 7.96. The molecular formula is C20H11BrClF2N3O. The molecule has 8 heteroatoms. The molecule has 2 aromatic carbocycles. The molecule has 0 fully saturated rings. The van der Waals surface area contributed by atoms with Gasteiger partial charge in [-0.25, -0.2) is 8.78 Å². The molecule has 3 aromatic rings. The maximum Gasteiger partial charge on any atom is 0.252 e. The zero-order valence-electron chi connectivity index (χ0n) is 14.1. The number of carbonyl (C=O) groups is 1. The third-order valence-electron chi connectivity index (χ3n) is 3.94. The molecule has 1 unspecified atom stereocenters. The van der Waals surface area contributed by atoms with Gasteiger partial charge in [0.15, 0.2) is 0 Å². The Bertz CT molecular complexity index is 1100. The lowest BCUT2D eigenvalue weighted by Crippen LogP contribution is -2.30. The molecule has 0 aliphatic heterocycles. The molecule has 0 spiro atoms. The van der Waals surface area contributed by atoms with E-state index in [1.165, 1.54) is 30.5 Å².